The summed E-state index contributed by atoms with van der Waals surface area (Å²) in [4.78, 5) is 0. The lowest BCUT2D eigenvalue weighted by molar-refractivity contribution is -0.453. The Kier molecular flexibility index (Phi) is 6.46. The van der Waals surface area contributed by atoms with Gasteiger partial charge in [-0.1, -0.05) is 11.6 Å². The fourth-order valence-electron chi connectivity index (χ4n) is 1.21. The molecule has 0 unspecified atom stereocenters. The van der Waals surface area contributed by atoms with E-state index in [1.807, 2.05) is 0 Å². The minimum Gasteiger partial charge on any atom is -0.345 e. The maximum atomic E-state index is 13.0. The lowest BCUT2D eigenvalue weighted by Gasteiger charge is -2.41. The molecule has 1 nitrogen and oxygen atoms in total. The van der Waals surface area contributed by atoms with E-state index >= 15 is 0 Å². The zero-order valence-electron chi connectivity index (χ0n) is 11.2. The predicted octanol–water partition coefficient (Wildman–Crippen LogP) is 5.61. The van der Waals surface area contributed by atoms with Crippen LogP contribution in [0.3, 0.4) is 0 Å². The van der Waals surface area contributed by atoms with E-state index in [-0.39, 0.29) is 0 Å². The molecule has 0 saturated heterocycles. The van der Waals surface area contributed by atoms with Gasteiger partial charge in [-0.15, -0.1) is 0 Å². The highest BCUT2D eigenvalue weighted by Crippen LogP contribution is 2.62. The van der Waals surface area contributed by atoms with Gasteiger partial charge in [0, 0.05) is 0 Å². The van der Waals surface area contributed by atoms with Crippen molar-refractivity contribution in [2.75, 3.05) is 6.61 Å². The van der Waals surface area contributed by atoms with E-state index in [1.165, 1.54) is 0 Å². The molecule has 0 aliphatic carbocycles. The predicted molar refractivity (Wildman–Crippen MR) is 50.8 cm³/mol. The maximum absolute atomic E-state index is 13.0. The molecule has 17 heteroatoms. The summed E-state index contributed by atoms with van der Waals surface area (Å²) in [5.41, 5.74) is 0. The molecule has 0 amide bonds. The second-order valence-electron chi connectivity index (χ2n) is 4.44. The molecule has 0 aromatic rings. The Hall–Kier alpha value is -0.800. The molecule has 26 heavy (non-hydrogen) atoms. The smallest absolute Gasteiger partial charge is 0.345 e. The highest BCUT2D eigenvalue weighted by Gasteiger charge is 2.93. The number of ether oxygens (including phenoxy) is 1. The molecular formula is C9H2ClF15O. The first-order chi connectivity index (χ1) is 11.1. The van der Waals surface area contributed by atoms with E-state index in [1.54, 1.807) is 0 Å². The van der Waals surface area contributed by atoms with Gasteiger partial charge in [-0.2, -0.15) is 65.9 Å². The van der Waals surface area contributed by atoms with Crippen molar-refractivity contribution in [3.8, 4) is 0 Å². The molecule has 156 valence electrons. The molecule has 0 spiro atoms. The van der Waals surface area contributed by atoms with E-state index in [9.17, 15) is 65.9 Å². The minimum absolute atomic E-state index is 0.670. The molecule has 2 radical (unpaired) electrons. The first-order valence-electron chi connectivity index (χ1n) is 5.37. The van der Waals surface area contributed by atoms with Crippen molar-refractivity contribution in [2.45, 2.75) is 41.7 Å². The molecule has 0 aliphatic rings. The molecule has 0 N–H and O–H groups in total. The Bertz CT molecular complexity index is 496. The van der Waals surface area contributed by atoms with Gasteiger partial charge in [0.05, 0.1) is 0 Å². The van der Waals surface area contributed by atoms with Crippen LogP contribution in [0.2, 0.25) is 0 Å². The van der Waals surface area contributed by atoms with Gasteiger partial charge in [0.15, 0.2) is 0 Å². The van der Waals surface area contributed by atoms with E-state index in [2.05, 4.69) is 16.3 Å². The summed E-state index contributed by atoms with van der Waals surface area (Å²) in [6, 6.07) is 0.670. The Labute approximate surface area is 138 Å². The van der Waals surface area contributed by atoms with Crippen molar-refractivity contribution < 1.29 is 70.6 Å². The first kappa shape index (κ1) is 25.2. The van der Waals surface area contributed by atoms with Crippen molar-refractivity contribution >= 4 is 11.6 Å². The second kappa shape index (κ2) is 6.67. The minimum atomic E-state index is -8.31. The van der Waals surface area contributed by atoms with Crippen LogP contribution < -0.4 is 0 Å². The summed E-state index contributed by atoms with van der Waals surface area (Å²) >= 11 is 4.31. The SMILES string of the molecule is FC(F)(F)C(F)(F)C(F)(F)C(F)(F)C(F)(F)C(F)(F)C(F)(F)CO[C]Cl. The number of halogens is 16. The summed E-state index contributed by atoms with van der Waals surface area (Å²) < 4.78 is 193. The van der Waals surface area contributed by atoms with Crippen LogP contribution >= 0.6 is 11.6 Å². The van der Waals surface area contributed by atoms with Gasteiger partial charge in [0.25, 0.3) is 0 Å². The Balaban J connectivity index is 6.33. The fraction of sp³-hybridized carbons (Fsp3) is 0.889. The third kappa shape index (κ3) is 3.38. The number of alkyl halides is 15. The zero-order chi connectivity index (χ0) is 21.6. The van der Waals surface area contributed by atoms with E-state index in [0.29, 0.717) is 6.07 Å². The molecule has 0 aliphatic heterocycles. The summed E-state index contributed by atoms with van der Waals surface area (Å²) in [6.45, 7) is -2.99. The number of hydrogen-bond donors (Lipinski definition) is 0. The van der Waals surface area contributed by atoms with Crippen molar-refractivity contribution in [1.29, 1.82) is 0 Å². The highest BCUT2D eigenvalue weighted by atomic mass is 35.5. The molecule has 0 bridgehead atoms. The summed E-state index contributed by atoms with van der Waals surface area (Å²) in [5.74, 6) is -46.7. The van der Waals surface area contributed by atoms with Gasteiger partial charge < -0.3 is 4.74 Å². The number of rotatable bonds is 8. The van der Waals surface area contributed by atoms with Crippen molar-refractivity contribution in [3.05, 3.63) is 6.07 Å². The van der Waals surface area contributed by atoms with Crippen LogP contribution in [0.25, 0.3) is 0 Å². The average Bonchev–Trinajstić information content (AvgIpc) is 2.42. The van der Waals surface area contributed by atoms with E-state index in [0.717, 1.165) is 0 Å². The van der Waals surface area contributed by atoms with Crippen molar-refractivity contribution in [2.24, 2.45) is 0 Å². The lowest BCUT2D eigenvalue weighted by atomic mass is 9.91. The standard InChI is InChI=1S/C9H2ClF15O/c10-2-26-1-3(11,12)4(13,14)5(15,16)6(17,18)7(19,20)8(21,22)9(23,24)25/h1H2. The molecule has 0 heterocycles. The molecular weight excluding hydrogens is 445 g/mol. The van der Waals surface area contributed by atoms with Crippen LogP contribution in [-0.2, 0) is 4.74 Å². The Morgan fingerprint density at radius 1 is 0.538 bits per heavy atom. The average molecular weight is 447 g/mol. The van der Waals surface area contributed by atoms with Gasteiger partial charge in [0.2, 0.25) is 6.07 Å². The van der Waals surface area contributed by atoms with Crippen LogP contribution in [0.4, 0.5) is 65.9 Å². The van der Waals surface area contributed by atoms with E-state index in [4.69, 9.17) is 0 Å². The third-order valence-corrected chi connectivity index (χ3v) is 2.81. The summed E-state index contributed by atoms with van der Waals surface area (Å²) in [5, 5.41) is 0. The van der Waals surface area contributed by atoms with Gasteiger partial charge in [-0.25, -0.2) is 0 Å². The molecule has 0 aromatic carbocycles. The summed E-state index contributed by atoms with van der Waals surface area (Å²) in [6.07, 6.45) is -7.63. The van der Waals surface area contributed by atoms with Crippen LogP contribution in [0.15, 0.2) is 0 Å². The zero-order valence-corrected chi connectivity index (χ0v) is 11.9. The molecule has 0 aromatic heterocycles. The normalized spacial score (nSPS) is 16.2. The van der Waals surface area contributed by atoms with Crippen LogP contribution in [0, 0.1) is 6.07 Å². The molecule has 0 atom stereocenters. The van der Waals surface area contributed by atoms with Crippen LogP contribution in [0.5, 0.6) is 0 Å². The first-order valence-corrected chi connectivity index (χ1v) is 5.75. The Morgan fingerprint density at radius 3 is 1.15 bits per heavy atom. The fourth-order valence-corrected chi connectivity index (χ4v) is 1.26. The monoisotopic (exact) mass is 446 g/mol. The lowest BCUT2D eigenvalue weighted by Crippen LogP contribution is -2.73. The summed E-state index contributed by atoms with van der Waals surface area (Å²) in [7, 11) is 0. The van der Waals surface area contributed by atoms with Gasteiger partial charge in [0.1, 0.15) is 6.61 Å². The Morgan fingerprint density at radius 2 is 0.846 bits per heavy atom. The second-order valence-corrected chi connectivity index (χ2v) is 4.59. The molecule has 0 fully saturated rings. The quantitative estimate of drug-likeness (QED) is 0.440. The number of hydrogen-bond acceptors (Lipinski definition) is 1. The molecule has 0 saturated carbocycles. The van der Waals surface area contributed by atoms with Gasteiger partial charge in [-0.05, 0) is 0 Å². The van der Waals surface area contributed by atoms with Crippen molar-refractivity contribution in [1.82, 2.24) is 0 Å². The molecule has 0 rings (SSSR count). The van der Waals surface area contributed by atoms with Gasteiger partial charge in [-0.3, -0.25) is 0 Å². The van der Waals surface area contributed by atoms with E-state index < -0.39 is 48.3 Å². The highest BCUT2D eigenvalue weighted by molar-refractivity contribution is 6.22. The third-order valence-electron chi connectivity index (χ3n) is 2.70. The maximum Gasteiger partial charge on any atom is 0.460 e. The largest absolute Gasteiger partial charge is 0.460 e. The van der Waals surface area contributed by atoms with Gasteiger partial charge >= 0.3 is 41.7 Å². The topological polar surface area (TPSA) is 9.23 Å². The van der Waals surface area contributed by atoms with Crippen LogP contribution in [-0.4, -0.2) is 48.3 Å². The van der Waals surface area contributed by atoms with Crippen molar-refractivity contribution in [3.63, 3.8) is 0 Å². The van der Waals surface area contributed by atoms with Crippen LogP contribution in [0.1, 0.15) is 0 Å².